The standard InChI is InChI=1S/C17H16ClN3/c18-16-8-6-14(7-9-16)17(10-19)21-12-15(11-20-21)13-4-2-1-3-5-13/h1-9,11-12,17H,10,19H2. The predicted molar refractivity (Wildman–Crippen MR) is 86.3 cm³/mol. The molecule has 21 heavy (non-hydrogen) atoms. The Morgan fingerprint density at radius 3 is 2.38 bits per heavy atom. The van der Waals surface area contributed by atoms with Gasteiger partial charge in [-0.15, -0.1) is 0 Å². The van der Waals surface area contributed by atoms with Gasteiger partial charge in [-0.3, -0.25) is 4.68 Å². The van der Waals surface area contributed by atoms with E-state index < -0.39 is 0 Å². The second kappa shape index (κ2) is 6.12. The van der Waals surface area contributed by atoms with E-state index in [9.17, 15) is 0 Å². The highest BCUT2D eigenvalue weighted by atomic mass is 35.5. The molecule has 1 aromatic heterocycles. The summed E-state index contributed by atoms with van der Waals surface area (Å²) in [5.74, 6) is 0. The Hall–Kier alpha value is -2.10. The third-order valence-corrected chi connectivity index (χ3v) is 3.76. The number of benzene rings is 2. The number of hydrogen-bond acceptors (Lipinski definition) is 2. The van der Waals surface area contributed by atoms with Crippen LogP contribution in [0, 0.1) is 0 Å². The van der Waals surface area contributed by atoms with Crippen molar-refractivity contribution >= 4 is 11.6 Å². The average molecular weight is 298 g/mol. The molecule has 3 rings (SSSR count). The van der Waals surface area contributed by atoms with Crippen molar-refractivity contribution in [3.8, 4) is 11.1 Å². The normalized spacial score (nSPS) is 12.3. The Bertz CT molecular complexity index is 704. The molecule has 0 radical (unpaired) electrons. The molecule has 1 heterocycles. The van der Waals surface area contributed by atoms with Crippen LogP contribution in [0.4, 0.5) is 0 Å². The smallest absolute Gasteiger partial charge is 0.0890 e. The fraction of sp³-hybridized carbons (Fsp3) is 0.118. The van der Waals surface area contributed by atoms with Crippen LogP contribution in [0.1, 0.15) is 11.6 Å². The van der Waals surface area contributed by atoms with Gasteiger partial charge in [0.1, 0.15) is 0 Å². The van der Waals surface area contributed by atoms with Gasteiger partial charge < -0.3 is 5.73 Å². The van der Waals surface area contributed by atoms with Crippen molar-refractivity contribution in [3.05, 3.63) is 77.6 Å². The molecular formula is C17H16ClN3. The summed E-state index contributed by atoms with van der Waals surface area (Å²) in [5.41, 5.74) is 9.27. The third-order valence-electron chi connectivity index (χ3n) is 3.51. The van der Waals surface area contributed by atoms with Crippen molar-refractivity contribution in [1.29, 1.82) is 0 Å². The van der Waals surface area contributed by atoms with Crippen LogP contribution in [-0.4, -0.2) is 16.3 Å². The fourth-order valence-electron chi connectivity index (χ4n) is 2.37. The van der Waals surface area contributed by atoms with Gasteiger partial charge in [0.2, 0.25) is 0 Å². The summed E-state index contributed by atoms with van der Waals surface area (Å²) in [6.07, 6.45) is 3.90. The zero-order chi connectivity index (χ0) is 14.7. The van der Waals surface area contributed by atoms with Crippen LogP contribution in [0.2, 0.25) is 5.02 Å². The molecule has 0 saturated heterocycles. The molecule has 0 aliphatic rings. The topological polar surface area (TPSA) is 43.8 Å². The van der Waals surface area contributed by atoms with Gasteiger partial charge in [0, 0.05) is 23.3 Å². The summed E-state index contributed by atoms with van der Waals surface area (Å²) in [5, 5.41) is 5.19. The van der Waals surface area contributed by atoms with Crippen molar-refractivity contribution < 1.29 is 0 Å². The lowest BCUT2D eigenvalue weighted by molar-refractivity contribution is 0.532. The first kappa shape index (κ1) is 13.9. The highest BCUT2D eigenvalue weighted by molar-refractivity contribution is 6.30. The molecule has 2 N–H and O–H groups in total. The van der Waals surface area contributed by atoms with Crippen LogP contribution >= 0.6 is 11.6 Å². The van der Waals surface area contributed by atoms with E-state index in [1.165, 1.54) is 0 Å². The van der Waals surface area contributed by atoms with E-state index in [-0.39, 0.29) is 6.04 Å². The number of aromatic nitrogens is 2. The number of nitrogens with zero attached hydrogens (tertiary/aromatic N) is 2. The largest absolute Gasteiger partial charge is 0.328 e. The molecule has 1 unspecified atom stereocenters. The maximum Gasteiger partial charge on any atom is 0.0890 e. The molecule has 1 atom stereocenters. The summed E-state index contributed by atoms with van der Waals surface area (Å²) in [6.45, 7) is 0.484. The van der Waals surface area contributed by atoms with E-state index in [0.717, 1.165) is 21.7 Å². The second-order valence-electron chi connectivity index (χ2n) is 4.88. The molecule has 3 nitrogen and oxygen atoms in total. The van der Waals surface area contributed by atoms with E-state index >= 15 is 0 Å². The lowest BCUT2D eigenvalue weighted by Crippen LogP contribution is -2.20. The molecule has 0 spiro atoms. The minimum absolute atomic E-state index is 0.0136. The van der Waals surface area contributed by atoms with Crippen LogP contribution in [0.3, 0.4) is 0 Å². The zero-order valence-corrected chi connectivity index (χ0v) is 12.2. The van der Waals surface area contributed by atoms with Crippen molar-refractivity contribution in [2.45, 2.75) is 6.04 Å². The van der Waals surface area contributed by atoms with E-state index in [4.69, 9.17) is 17.3 Å². The number of halogens is 1. The van der Waals surface area contributed by atoms with E-state index in [1.807, 2.05) is 59.5 Å². The molecule has 0 amide bonds. The van der Waals surface area contributed by atoms with Gasteiger partial charge in [-0.1, -0.05) is 54.1 Å². The summed E-state index contributed by atoms with van der Waals surface area (Å²) < 4.78 is 1.91. The van der Waals surface area contributed by atoms with E-state index in [1.54, 1.807) is 0 Å². The summed E-state index contributed by atoms with van der Waals surface area (Å²) >= 11 is 5.94. The Morgan fingerprint density at radius 2 is 1.71 bits per heavy atom. The Balaban J connectivity index is 1.92. The van der Waals surface area contributed by atoms with Gasteiger partial charge in [-0.25, -0.2) is 0 Å². The first-order valence-corrected chi connectivity index (χ1v) is 7.21. The molecule has 106 valence electrons. The van der Waals surface area contributed by atoms with Gasteiger partial charge in [0.05, 0.1) is 12.2 Å². The van der Waals surface area contributed by atoms with Gasteiger partial charge in [0.25, 0.3) is 0 Å². The first-order chi connectivity index (χ1) is 10.3. The molecule has 4 heteroatoms. The number of rotatable bonds is 4. The summed E-state index contributed by atoms with van der Waals surface area (Å²) in [6, 6.07) is 17.9. The van der Waals surface area contributed by atoms with Crippen molar-refractivity contribution in [2.75, 3.05) is 6.54 Å². The minimum atomic E-state index is 0.0136. The van der Waals surface area contributed by atoms with Crippen LogP contribution < -0.4 is 5.73 Å². The van der Waals surface area contributed by atoms with Crippen LogP contribution in [0.5, 0.6) is 0 Å². The fourth-order valence-corrected chi connectivity index (χ4v) is 2.50. The SMILES string of the molecule is NCC(c1ccc(Cl)cc1)n1cc(-c2ccccc2)cn1. The maximum absolute atomic E-state index is 5.94. The molecule has 2 aromatic carbocycles. The minimum Gasteiger partial charge on any atom is -0.328 e. The molecular weight excluding hydrogens is 282 g/mol. The summed E-state index contributed by atoms with van der Waals surface area (Å²) in [7, 11) is 0. The lowest BCUT2D eigenvalue weighted by Gasteiger charge is -2.16. The van der Waals surface area contributed by atoms with E-state index in [2.05, 4.69) is 17.2 Å². The van der Waals surface area contributed by atoms with Gasteiger partial charge in [0.15, 0.2) is 0 Å². The predicted octanol–water partition coefficient (Wildman–Crippen LogP) is 3.75. The highest BCUT2D eigenvalue weighted by Gasteiger charge is 2.13. The van der Waals surface area contributed by atoms with Gasteiger partial charge >= 0.3 is 0 Å². The summed E-state index contributed by atoms with van der Waals surface area (Å²) in [4.78, 5) is 0. The van der Waals surface area contributed by atoms with Crippen molar-refractivity contribution in [2.24, 2.45) is 5.73 Å². The van der Waals surface area contributed by atoms with Gasteiger partial charge in [-0.05, 0) is 23.3 Å². The van der Waals surface area contributed by atoms with Gasteiger partial charge in [-0.2, -0.15) is 5.10 Å². The van der Waals surface area contributed by atoms with E-state index in [0.29, 0.717) is 6.54 Å². The monoisotopic (exact) mass is 297 g/mol. The molecule has 3 aromatic rings. The molecule has 0 saturated carbocycles. The lowest BCUT2D eigenvalue weighted by atomic mass is 10.1. The Kier molecular flexibility index (Phi) is 4.04. The average Bonchev–Trinajstić information content (AvgIpc) is 3.00. The molecule has 0 fully saturated rings. The van der Waals surface area contributed by atoms with Crippen LogP contribution in [-0.2, 0) is 0 Å². The van der Waals surface area contributed by atoms with Crippen LogP contribution in [0.15, 0.2) is 67.0 Å². The number of nitrogens with two attached hydrogens (primary N) is 1. The molecule has 0 aliphatic carbocycles. The first-order valence-electron chi connectivity index (χ1n) is 6.83. The molecule has 0 aliphatic heterocycles. The van der Waals surface area contributed by atoms with Crippen molar-refractivity contribution in [1.82, 2.24) is 9.78 Å². The highest BCUT2D eigenvalue weighted by Crippen LogP contribution is 2.23. The van der Waals surface area contributed by atoms with Crippen molar-refractivity contribution in [3.63, 3.8) is 0 Å². The molecule has 0 bridgehead atoms. The second-order valence-corrected chi connectivity index (χ2v) is 5.31. The Morgan fingerprint density at radius 1 is 1.00 bits per heavy atom. The number of hydrogen-bond donors (Lipinski definition) is 1. The quantitative estimate of drug-likeness (QED) is 0.797. The zero-order valence-electron chi connectivity index (χ0n) is 11.5. The Labute approximate surface area is 129 Å². The van der Waals surface area contributed by atoms with Crippen LogP contribution in [0.25, 0.3) is 11.1 Å². The maximum atomic E-state index is 5.94. The third kappa shape index (κ3) is 2.99.